The van der Waals surface area contributed by atoms with Crippen molar-refractivity contribution in [2.45, 2.75) is 26.3 Å². The summed E-state index contributed by atoms with van der Waals surface area (Å²) >= 11 is 0. The molecule has 2 rings (SSSR count). The van der Waals surface area contributed by atoms with E-state index in [0.717, 1.165) is 6.42 Å². The Morgan fingerprint density at radius 1 is 1.50 bits per heavy atom. The second-order valence-electron chi connectivity index (χ2n) is 5.48. The lowest BCUT2D eigenvalue weighted by Gasteiger charge is -2.36. The molecule has 1 heterocycles. The second-order valence-corrected chi connectivity index (χ2v) is 5.48. The molecule has 2 N–H and O–H groups in total. The van der Waals surface area contributed by atoms with Crippen LogP contribution in [0.4, 0.5) is 5.69 Å². The van der Waals surface area contributed by atoms with Crippen molar-refractivity contribution in [1.82, 2.24) is 4.90 Å². The summed E-state index contributed by atoms with van der Waals surface area (Å²) in [5.41, 5.74) is 7.03. The predicted molar refractivity (Wildman–Crippen MR) is 83.2 cm³/mol. The van der Waals surface area contributed by atoms with Crippen molar-refractivity contribution in [3.05, 3.63) is 29.8 Å². The molecule has 1 unspecified atom stereocenters. The van der Waals surface area contributed by atoms with Crippen LogP contribution in [0.1, 0.15) is 30.6 Å². The smallest absolute Gasteiger partial charge is 0.254 e. The first kappa shape index (κ1) is 16.8. The van der Waals surface area contributed by atoms with Gasteiger partial charge in [-0.3, -0.25) is 4.79 Å². The van der Waals surface area contributed by atoms with Crippen LogP contribution in [0, 0.1) is 5.92 Å². The molecule has 1 atom stereocenters. The second kappa shape index (κ2) is 7.50. The van der Waals surface area contributed by atoms with Crippen molar-refractivity contribution >= 4 is 24.0 Å². The first-order chi connectivity index (χ1) is 9.08. The van der Waals surface area contributed by atoms with Gasteiger partial charge in [-0.2, -0.15) is 0 Å². The summed E-state index contributed by atoms with van der Waals surface area (Å²) in [5.74, 6) is 0.601. The summed E-state index contributed by atoms with van der Waals surface area (Å²) in [7, 11) is 0. The third kappa shape index (κ3) is 4.12. The largest absolute Gasteiger partial charge is 0.399 e. The number of ether oxygens (including phenoxy) is 1. The number of hydrogen-bond acceptors (Lipinski definition) is 3. The lowest BCUT2D eigenvalue weighted by atomic mass is 10.0. The van der Waals surface area contributed by atoms with Gasteiger partial charge in [0.1, 0.15) is 0 Å². The van der Waals surface area contributed by atoms with Crippen molar-refractivity contribution in [2.24, 2.45) is 5.92 Å². The van der Waals surface area contributed by atoms with Crippen LogP contribution in [0.5, 0.6) is 0 Å². The molecule has 1 aliphatic rings. The minimum atomic E-state index is 0. The van der Waals surface area contributed by atoms with Gasteiger partial charge in [-0.1, -0.05) is 19.9 Å². The average Bonchev–Trinajstić information content (AvgIpc) is 2.38. The Morgan fingerprint density at radius 3 is 2.90 bits per heavy atom. The van der Waals surface area contributed by atoms with Gasteiger partial charge in [0.25, 0.3) is 5.91 Å². The van der Waals surface area contributed by atoms with E-state index in [-0.39, 0.29) is 24.4 Å². The normalized spacial score (nSPS) is 18.8. The van der Waals surface area contributed by atoms with Gasteiger partial charge in [0.05, 0.1) is 19.3 Å². The highest BCUT2D eigenvalue weighted by Crippen LogP contribution is 2.19. The number of rotatable bonds is 3. The highest BCUT2D eigenvalue weighted by atomic mass is 35.5. The van der Waals surface area contributed by atoms with E-state index in [2.05, 4.69) is 13.8 Å². The lowest BCUT2D eigenvalue weighted by molar-refractivity contribution is -0.00746. The Labute approximate surface area is 126 Å². The molecule has 1 aromatic rings. The molecular weight excluding hydrogens is 276 g/mol. The minimum Gasteiger partial charge on any atom is -0.399 e. The Hall–Kier alpha value is -1.26. The number of nitrogen functional groups attached to an aromatic ring is 1. The number of nitrogens with zero attached hydrogens (tertiary/aromatic N) is 1. The fraction of sp³-hybridized carbons (Fsp3) is 0.533. The summed E-state index contributed by atoms with van der Waals surface area (Å²) < 4.78 is 5.50. The van der Waals surface area contributed by atoms with E-state index >= 15 is 0 Å². The highest BCUT2D eigenvalue weighted by Gasteiger charge is 2.28. The third-order valence-electron chi connectivity index (χ3n) is 3.37. The molecule has 1 amide bonds. The summed E-state index contributed by atoms with van der Waals surface area (Å²) in [5, 5.41) is 0. The zero-order valence-electron chi connectivity index (χ0n) is 12.0. The van der Waals surface area contributed by atoms with E-state index in [1.54, 1.807) is 12.1 Å². The maximum Gasteiger partial charge on any atom is 0.254 e. The predicted octanol–water partition coefficient (Wildman–Crippen LogP) is 2.58. The molecule has 4 nitrogen and oxygen atoms in total. The van der Waals surface area contributed by atoms with E-state index in [0.29, 0.717) is 36.9 Å². The molecule has 20 heavy (non-hydrogen) atoms. The molecule has 0 spiro atoms. The molecular formula is C15H23ClN2O2. The number of nitrogens with two attached hydrogens (primary N) is 1. The van der Waals surface area contributed by atoms with Crippen molar-refractivity contribution in [3.63, 3.8) is 0 Å². The number of benzene rings is 1. The quantitative estimate of drug-likeness (QED) is 0.873. The molecule has 1 fully saturated rings. The Morgan fingerprint density at radius 2 is 2.25 bits per heavy atom. The number of hydrogen-bond donors (Lipinski definition) is 1. The number of carbonyl (C=O) groups is 1. The topological polar surface area (TPSA) is 55.6 Å². The fourth-order valence-electron chi connectivity index (χ4n) is 2.50. The van der Waals surface area contributed by atoms with Crippen LogP contribution in [0.15, 0.2) is 24.3 Å². The maximum absolute atomic E-state index is 12.6. The zero-order chi connectivity index (χ0) is 13.8. The molecule has 1 aliphatic heterocycles. The number of halogens is 1. The van der Waals surface area contributed by atoms with Gasteiger partial charge in [-0.05, 0) is 30.5 Å². The minimum absolute atomic E-state index is 0. The van der Waals surface area contributed by atoms with Crippen molar-refractivity contribution in [1.29, 1.82) is 0 Å². The van der Waals surface area contributed by atoms with Gasteiger partial charge < -0.3 is 15.4 Å². The summed E-state index contributed by atoms with van der Waals surface area (Å²) in [6, 6.07) is 7.34. The number of morpholine rings is 1. The van der Waals surface area contributed by atoms with Gasteiger partial charge >= 0.3 is 0 Å². The summed E-state index contributed by atoms with van der Waals surface area (Å²) in [6.45, 7) is 6.23. The maximum atomic E-state index is 12.6. The fourth-order valence-corrected chi connectivity index (χ4v) is 2.50. The first-order valence-corrected chi connectivity index (χ1v) is 6.82. The monoisotopic (exact) mass is 298 g/mol. The highest BCUT2D eigenvalue weighted by molar-refractivity contribution is 5.95. The molecule has 1 aromatic carbocycles. The van der Waals surface area contributed by atoms with E-state index in [1.165, 1.54) is 0 Å². The van der Waals surface area contributed by atoms with Crippen LogP contribution in [0.25, 0.3) is 0 Å². The Balaban J connectivity index is 0.00000200. The molecule has 0 aromatic heterocycles. The van der Waals surface area contributed by atoms with Gasteiger partial charge in [-0.15, -0.1) is 12.4 Å². The van der Waals surface area contributed by atoms with Crippen LogP contribution in [0.3, 0.4) is 0 Å². The molecule has 0 saturated carbocycles. The lowest BCUT2D eigenvalue weighted by Crippen LogP contribution is -2.49. The number of anilines is 1. The Bertz CT molecular complexity index is 451. The van der Waals surface area contributed by atoms with E-state index in [1.807, 2.05) is 17.0 Å². The average molecular weight is 299 g/mol. The van der Waals surface area contributed by atoms with Gasteiger partial charge in [0, 0.05) is 17.8 Å². The SMILES string of the molecule is CC(C)CC1COCCN1C(=O)c1cccc(N)c1.Cl. The van der Waals surface area contributed by atoms with Crippen LogP contribution < -0.4 is 5.73 Å². The van der Waals surface area contributed by atoms with Crippen molar-refractivity contribution in [2.75, 3.05) is 25.5 Å². The molecule has 0 bridgehead atoms. The summed E-state index contributed by atoms with van der Waals surface area (Å²) in [4.78, 5) is 14.5. The third-order valence-corrected chi connectivity index (χ3v) is 3.37. The Kier molecular flexibility index (Phi) is 6.30. The van der Waals surface area contributed by atoms with E-state index in [9.17, 15) is 4.79 Å². The molecule has 0 aliphatic carbocycles. The molecule has 0 radical (unpaired) electrons. The van der Waals surface area contributed by atoms with Crippen LogP contribution in [-0.4, -0.2) is 36.6 Å². The number of amides is 1. The van der Waals surface area contributed by atoms with Crippen LogP contribution in [0.2, 0.25) is 0 Å². The van der Waals surface area contributed by atoms with E-state index < -0.39 is 0 Å². The molecule has 1 saturated heterocycles. The van der Waals surface area contributed by atoms with Gasteiger partial charge in [-0.25, -0.2) is 0 Å². The van der Waals surface area contributed by atoms with Gasteiger partial charge in [0.15, 0.2) is 0 Å². The standard InChI is InChI=1S/C15H22N2O2.ClH/c1-11(2)8-14-10-19-7-6-17(14)15(18)12-4-3-5-13(16)9-12;/h3-5,9,11,14H,6-8,10,16H2,1-2H3;1H. The van der Waals surface area contributed by atoms with Crippen LogP contribution in [-0.2, 0) is 4.74 Å². The zero-order valence-corrected chi connectivity index (χ0v) is 12.9. The van der Waals surface area contributed by atoms with Crippen LogP contribution >= 0.6 is 12.4 Å². The molecule has 5 heteroatoms. The first-order valence-electron chi connectivity index (χ1n) is 6.82. The van der Waals surface area contributed by atoms with Crippen molar-refractivity contribution in [3.8, 4) is 0 Å². The van der Waals surface area contributed by atoms with Gasteiger partial charge in [0.2, 0.25) is 0 Å². The van der Waals surface area contributed by atoms with E-state index in [4.69, 9.17) is 10.5 Å². The van der Waals surface area contributed by atoms with Crippen molar-refractivity contribution < 1.29 is 9.53 Å². The number of carbonyl (C=O) groups excluding carboxylic acids is 1. The summed E-state index contributed by atoms with van der Waals surface area (Å²) in [6.07, 6.45) is 0.966. The molecule has 112 valence electrons.